The molecule has 0 aliphatic carbocycles. The van der Waals surface area contributed by atoms with Gasteiger partial charge in [-0.05, 0) is 45.7 Å². The minimum Gasteiger partial charge on any atom is -0.495 e. The average molecular weight is 280 g/mol. The molecule has 0 amide bonds. The SMILES string of the molecule is CCCNC(CCC(C)(C)OC)c1ccncc1OC. The number of aromatic nitrogens is 1. The van der Waals surface area contributed by atoms with E-state index in [9.17, 15) is 0 Å². The molecule has 0 saturated heterocycles. The van der Waals surface area contributed by atoms with Gasteiger partial charge in [-0.1, -0.05) is 6.92 Å². The van der Waals surface area contributed by atoms with Crippen LogP contribution in [0, 0.1) is 0 Å². The molecule has 0 radical (unpaired) electrons. The second-order valence-corrected chi connectivity index (χ2v) is 5.63. The van der Waals surface area contributed by atoms with E-state index in [1.54, 1.807) is 20.4 Å². The van der Waals surface area contributed by atoms with Crippen molar-refractivity contribution < 1.29 is 9.47 Å². The summed E-state index contributed by atoms with van der Waals surface area (Å²) in [6.07, 6.45) is 6.69. The number of nitrogens with zero attached hydrogens (tertiary/aromatic N) is 1. The monoisotopic (exact) mass is 280 g/mol. The molecule has 1 atom stereocenters. The first-order valence-corrected chi connectivity index (χ1v) is 7.30. The molecule has 4 heteroatoms. The van der Waals surface area contributed by atoms with E-state index in [1.165, 1.54) is 5.56 Å². The maximum atomic E-state index is 5.51. The number of ether oxygens (including phenoxy) is 2. The molecule has 0 aliphatic heterocycles. The fourth-order valence-corrected chi connectivity index (χ4v) is 2.13. The van der Waals surface area contributed by atoms with Gasteiger partial charge in [-0.25, -0.2) is 0 Å². The van der Waals surface area contributed by atoms with Crippen molar-refractivity contribution in [1.82, 2.24) is 10.3 Å². The zero-order chi connectivity index (χ0) is 15.0. The Hall–Kier alpha value is -1.13. The van der Waals surface area contributed by atoms with Crippen molar-refractivity contribution >= 4 is 0 Å². The molecule has 0 spiro atoms. The molecule has 1 rings (SSSR count). The maximum absolute atomic E-state index is 5.51. The number of methoxy groups -OCH3 is 2. The van der Waals surface area contributed by atoms with E-state index < -0.39 is 0 Å². The fraction of sp³-hybridized carbons (Fsp3) is 0.688. The molecule has 0 fully saturated rings. The van der Waals surface area contributed by atoms with Gasteiger partial charge in [-0.2, -0.15) is 0 Å². The van der Waals surface area contributed by atoms with E-state index in [0.717, 1.165) is 31.6 Å². The van der Waals surface area contributed by atoms with Crippen LogP contribution >= 0.6 is 0 Å². The largest absolute Gasteiger partial charge is 0.495 e. The summed E-state index contributed by atoms with van der Waals surface area (Å²) in [5.74, 6) is 0.844. The average Bonchev–Trinajstić information content (AvgIpc) is 2.47. The highest BCUT2D eigenvalue weighted by atomic mass is 16.5. The van der Waals surface area contributed by atoms with Crippen LogP contribution in [-0.4, -0.2) is 31.3 Å². The van der Waals surface area contributed by atoms with Gasteiger partial charge < -0.3 is 14.8 Å². The molecule has 1 unspecified atom stereocenters. The predicted molar refractivity (Wildman–Crippen MR) is 82.1 cm³/mol. The Balaban J connectivity index is 2.82. The second kappa shape index (κ2) is 8.22. The van der Waals surface area contributed by atoms with Crippen LogP contribution in [-0.2, 0) is 4.74 Å². The summed E-state index contributed by atoms with van der Waals surface area (Å²) < 4.78 is 10.9. The first-order chi connectivity index (χ1) is 9.54. The van der Waals surface area contributed by atoms with Gasteiger partial charge in [-0.3, -0.25) is 4.98 Å². The molecule has 1 aromatic rings. The molecular weight excluding hydrogens is 252 g/mol. The topological polar surface area (TPSA) is 43.4 Å². The van der Waals surface area contributed by atoms with E-state index >= 15 is 0 Å². The summed E-state index contributed by atoms with van der Waals surface area (Å²) in [5.41, 5.74) is 1.06. The number of nitrogens with one attached hydrogen (secondary N) is 1. The third-order valence-electron chi connectivity index (χ3n) is 3.64. The molecule has 1 aromatic heterocycles. The number of hydrogen-bond acceptors (Lipinski definition) is 4. The summed E-state index contributed by atoms with van der Waals surface area (Å²) in [6, 6.07) is 2.30. The van der Waals surface area contributed by atoms with Crippen molar-refractivity contribution in [2.75, 3.05) is 20.8 Å². The lowest BCUT2D eigenvalue weighted by Crippen LogP contribution is -2.28. The highest BCUT2D eigenvalue weighted by Gasteiger charge is 2.21. The standard InChI is InChI=1S/C16H28N2O2/c1-6-10-18-14(7-9-16(2,3)20-5)13-8-11-17-12-15(13)19-4/h8,11-12,14,18H,6-7,9-10H2,1-5H3. The van der Waals surface area contributed by atoms with Crippen LogP contribution in [0.5, 0.6) is 5.75 Å². The first kappa shape index (κ1) is 16.9. The fourth-order valence-electron chi connectivity index (χ4n) is 2.13. The molecule has 0 aromatic carbocycles. The van der Waals surface area contributed by atoms with Crippen LogP contribution < -0.4 is 10.1 Å². The summed E-state index contributed by atoms with van der Waals surface area (Å²) >= 11 is 0. The molecule has 0 bridgehead atoms. The van der Waals surface area contributed by atoms with Gasteiger partial charge in [0, 0.05) is 24.9 Å². The van der Waals surface area contributed by atoms with Gasteiger partial charge in [0.05, 0.1) is 18.9 Å². The molecule has 1 N–H and O–H groups in total. The Morgan fingerprint density at radius 1 is 1.35 bits per heavy atom. The molecule has 20 heavy (non-hydrogen) atoms. The lowest BCUT2D eigenvalue weighted by atomic mass is 9.95. The molecule has 114 valence electrons. The van der Waals surface area contributed by atoms with Gasteiger partial charge in [-0.15, -0.1) is 0 Å². The maximum Gasteiger partial charge on any atom is 0.141 e. The quantitative estimate of drug-likeness (QED) is 0.753. The smallest absolute Gasteiger partial charge is 0.141 e. The van der Waals surface area contributed by atoms with Crippen LogP contribution in [0.4, 0.5) is 0 Å². The van der Waals surface area contributed by atoms with Crippen LogP contribution in [0.2, 0.25) is 0 Å². The van der Waals surface area contributed by atoms with Crippen LogP contribution in [0.1, 0.15) is 51.6 Å². The summed E-state index contributed by atoms with van der Waals surface area (Å²) in [6.45, 7) is 7.40. The third-order valence-corrected chi connectivity index (χ3v) is 3.64. The molecular formula is C16H28N2O2. The highest BCUT2D eigenvalue weighted by molar-refractivity contribution is 5.32. The van der Waals surface area contributed by atoms with Gasteiger partial charge in [0.25, 0.3) is 0 Å². The van der Waals surface area contributed by atoms with E-state index in [1.807, 2.05) is 12.3 Å². The van der Waals surface area contributed by atoms with Gasteiger partial charge in [0.1, 0.15) is 5.75 Å². The van der Waals surface area contributed by atoms with Gasteiger partial charge in [0.15, 0.2) is 0 Å². The zero-order valence-corrected chi connectivity index (χ0v) is 13.4. The number of rotatable bonds is 9. The van der Waals surface area contributed by atoms with Crippen molar-refractivity contribution in [2.24, 2.45) is 0 Å². The number of pyridine rings is 1. The van der Waals surface area contributed by atoms with E-state index in [-0.39, 0.29) is 11.6 Å². The highest BCUT2D eigenvalue weighted by Crippen LogP contribution is 2.29. The summed E-state index contributed by atoms with van der Waals surface area (Å²) in [5, 5.41) is 3.59. The summed E-state index contributed by atoms with van der Waals surface area (Å²) in [4.78, 5) is 4.13. The van der Waals surface area contributed by atoms with Crippen molar-refractivity contribution in [3.63, 3.8) is 0 Å². The first-order valence-electron chi connectivity index (χ1n) is 7.30. The van der Waals surface area contributed by atoms with Crippen LogP contribution in [0.15, 0.2) is 18.5 Å². The summed E-state index contributed by atoms with van der Waals surface area (Å²) in [7, 11) is 3.46. The molecule has 4 nitrogen and oxygen atoms in total. The van der Waals surface area contributed by atoms with E-state index in [4.69, 9.17) is 9.47 Å². The van der Waals surface area contributed by atoms with Crippen molar-refractivity contribution in [3.05, 3.63) is 24.0 Å². The Morgan fingerprint density at radius 3 is 2.70 bits per heavy atom. The van der Waals surface area contributed by atoms with Gasteiger partial charge in [0.2, 0.25) is 0 Å². The van der Waals surface area contributed by atoms with E-state index in [2.05, 4.69) is 31.1 Å². The normalized spacial score (nSPS) is 13.2. The minimum absolute atomic E-state index is 0.105. The van der Waals surface area contributed by atoms with E-state index in [0.29, 0.717) is 0 Å². The minimum atomic E-state index is -0.105. The van der Waals surface area contributed by atoms with Gasteiger partial charge >= 0.3 is 0 Å². The molecule has 1 heterocycles. The lowest BCUT2D eigenvalue weighted by molar-refractivity contribution is 0.0116. The second-order valence-electron chi connectivity index (χ2n) is 5.63. The predicted octanol–water partition coefficient (Wildman–Crippen LogP) is 3.34. The Bertz CT molecular complexity index is 394. The Morgan fingerprint density at radius 2 is 2.10 bits per heavy atom. The number of hydrogen-bond donors (Lipinski definition) is 1. The van der Waals surface area contributed by atoms with Crippen LogP contribution in [0.25, 0.3) is 0 Å². The Labute approximate surface area is 122 Å². The Kier molecular flexibility index (Phi) is 6.96. The van der Waals surface area contributed by atoms with Crippen molar-refractivity contribution in [3.8, 4) is 5.75 Å². The third kappa shape index (κ3) is 5.10. The van der Waals surface area contributed by atoms with Crippen molar-refractivity contribution in [1.29, 1.82) is 0 Å². The van der Waals surface area contributed by atoms with Crippen molar-refractivity contribution in [2.45, 2.75) is 51.7 Å². The molecule has 0 aliphatic rings. The molecule has 0 saturated carbocycles. The zero-order valence-electron chi connectivity index (χ0n) is 13.4. The lowest BCUT2D eigenvalue weighted by Gasteiger charge is -2.27. The van der Waals surface area contributed by atoms with Crippen LogP contribution in [0.3, 0.4) is 0 Å².